The van der Waals surface area contributed by atoms with E-state index in [0.29, 0.717) is 35.2 Å². The summed E-state index contributed by atoms with van der Waals surface area (Å²) in [4.78, 5) is 0. The standard InChI is InChI=1S/C18H20N8O3/c1-25-8-14(21-23-25)11-27-16-4-3-5-17(28-12-15-9-26(2)24-22-15)18(16)29-10-13-6-7-19-20-13/h3-6,8-9H,7,10-12H2,1-2H3. The van der Waals surface area contributed by atoms with Gasteiger partial charge in [0.2, 0.25) is 5.75 Å². The van der Waals surface area contributed by atoms with E-state index < -0.39 is 0 Å². The molecule has 0 spiro atoms. The number of ether oxygens (including phenoxy) is 3. The van der Waals surface area contributed by atoms with Gasteiger partial charge in [-0.1, -0.05) is 16.5 Å². The van der Waals surface area contributed by atoms with E-state index in [9.17, 15) is 0 Å². The Bertz CT molecular complexity index is 977. The summed E-state index contributed by atoms with van der Waals surface area (Å²) in [5.74, 6) is 1.54. The zero-order valence-corrected chi connectivity index (χ0v) is 16.1. The van der Waals surface area contributed by atoms with Gasteiger partial charge >= 0.3 is 0 Å². The van der Waals surface area contributed by atoms with E-state index in [4.69, 9.17) is 14.2 Å². The average Bonchev–Trinajstić information content (AvgIpc) is 3.46. The van der Waals surface area contributed by atoms with Crippen LogP contribution in [0.2, 0.25) is 0 Å². The molecule has 11 heteroatoms. The van der Waals surface area contributed by atoms with Gasteiger partial charge < -0.3 is 14.2 Å². The minimum Gasteiger partial charge on any atom is -0.483 e. The summed E-state index contributed by atoms with van der Waals surface area (Å²) in [6.07, 6.45) is 5.49. The molecule has 11 nitrogen and oxygen atoms in total. The third-order valence-electron chi connectivity index (χ3n) is 3.97. The predicted octanol–water partition coefficient (Wildman–Crippen LogP) is 1.83. The van der Waals surface area contributed by atoms with Gasteiger partial charge in [-0.3, -0.25) is 9.36 Å². The Kier molecular flexibility index (Phi) is 5.45. The first-order valence-corrected chi connectivity index (χ1v) is 8.96. The topological polar surface area (TPSA) is 114 Å². The van der Waals surface area contributed by atoms with Gasteiger partial charge in [-0.2, -0.15) is 10.2 Å². The van der Waals surface area contributed by atoms with Gasteiger partial charge in [0.15, 0.2) is 11.5 Å². The van der Waals surface area contributed by atoms with Crippen LogP contribution in [0.3, 0.4) is 0 Å². The number of azo groups is 1. The van der Waals surface area contributed by atoms with Gasteiger partial charge in [-0.05, 0) is 18.2 Å². The molecule has 0 radical (unpaired) electrons. The van der Waals surface area contributed by atoms with Crippen LogP contribution in [0, 0.1) is 0 Å². The molecule has 1 aliphatic rings. The highest BCUT2D eigenvalue weighted by Crippen LogP contribution is 2.38. The third-order valence-corrected chi connectivity index (χ3v) is 3.97. The molecule has 0 bridgehead atoms. The Morgan fingerprint density at radius 3 is 1.97 bits per heavy atom. The molecule has 0 saturated heterocycles. The maximum atomic E-state index is 5.98. The molecule has 150 valence electrons. The largest absolute Gasteiger partial charge is 0.483 e. The lowest BCUT2D eigenvalue weighted by Gasteiger charge is -2.16. The van der Waals surface area contributed by atoms with Gasteiger partial charge in [-0.25, -0.2) is 0 Å². The van der Waals surface area contributed by atoms with Crippen LogP contribution in [0.15, 0.2) is 52.6 Å². The molecule has 29 heavy (non-hydrogen) atoms. The fourth-order valence-electron chi connectivity index (χ4n) is 2.64. The molecule has 0 unspecified atom stereocenters. The van der Waals surface area contributed by atoms with Crippen molar-refractivity contribution in [3.8, 4) is 17.2 Å². The van der Waals surface area contributed by atoms with E-state index in [-0.39, 0.29) is 19.8 Å². The van der Waals surface area contributed by atoms with Crippen LogP contribution in [-0.2, 0) is 27.3 Å². The number of hydrogen-bond donors (Lipinski definition) is 0. The van der Waals surface area contributed by atoms with Crippen LogP contribution >= 0.6 is 0 Å². The molecule has 0 atom stereocenters. The fraction of sp³-hybridized carbons (Fsp3) is 0.333. The number of benzene rings is 1. The fourth-order valence-corrected chi connectivity index (χ4v) is 2.64. The van der Waals surface area contributed by atoms with Crippen molar-refractivity contribution in [1.82, 2.24) is 30.0 Å². The summed E-state index contributed by atoms with van der Waals surface area (Å²) in [7, 11) is 3.60. The van der Waals surface area contributed by atoms with Gasteiger partial charge in [0.25, 0.3) is 0 Å². The highest BCUT2D eigenvalue weighted by Gasteiger charge is 2.16. The van der Waals surface area contributed by atoms with Gasteiger partial charge in [0.1, 0.15) is 31.2 Å². The molecule has 4 rings (SSSR count). The molecule has 1 aromatic carbocycles. The lowest BCUT2D eigenvalue weighted by Crippen LogP contribution is -2.05. The quantitative estimate of drug-likeness (QED) is 0.542. The van der Waals surface area contributed by atoms with E-state index >= 15 is 0 Å². The predicted molar refractivity (Wildman–Crippen MR) is 100 cm³/mol. The zero-order valence-electron chi connectivity index (χ0n) is 16.1. The summed E-state index contributed by atoms with van der Waals surface area (Å²) in [5.41, 5.74) is 2.17. The molecule has 0 fully saturated rings. The second-order valence-corrected chi connectivity index (χ2v) is 6.34. The van der Waals surface area contributed by atoms with Crippen LogP contribution in [0.25, 0.3) is 0 Å². The van der Waals surface area contributed by atoms with Crippen LogP contribution in [0.1, 0.15) is 11.4 Å². The van der Waals surface area contributed by atoms with Crippen molar-refractivity contribution >= 4 is 0 Å². The first-order chi connectivity index (χ1) is 14.2. The van der Waals surface area contributed by atoms with Gasteiger partial charge in [0, 0.05) is 14.1 Å². The van der Waals surface area contributed by atoms with Crippen molar-refractivity contribution in [2.45, 2.75) is 13.2 Å². The Morgan fingerprint density at radius 1 is 0.862 bits per heavy atom. The number of para-hydroxylation sites is 1. The monoisotopic (exact) mass is 396 g/mol. The highest BCUT2D eigenvalue weighted by atomic mass is 16.5. The van der Waals surface area contributed by atoms with E-state index in [1.165, 1.54) is 0 Å². The lowest BCUT2D eigenvalue weighted by molar-refractivity contribution is 0.242. The Morgan fingerprint density at radius 2 is 1.48 bits per heavy atom. The maximum Gasteiger partial charge on any atom is 0.204 e. The van der Waals surface area contributed by atoms with Gasteiger partial charge in [0.05, 0.1) is 24.6 Å². The number of aromatic nitrogens is 6. The molecule has 0 saturated carbocycles. The number of nitrogens with zero attached hydrogens (tertiary/aromatic N) is 8. The molecule has 3 heterocycles. The summed E-state index contributed by atoms with van der Waals surface area (Å²) in [5, 5.41) is 23.9. The minimum absolute atomic E-state index is 0.250. The lowest BCUT2D eigenvalue weighted by atomic mass is 10.3. The number of aryl methyl sites for hydroxylation is 2. The molecular formula is C18H20N8O3. The van der Waals surface area contributed by atoms with Crippen molar-refractivity contribution in [3.05, 3.63) is 53.8 Å². The van der Waals surface area contributed by atoms with E-state index in [1.807, 2.05) is 24.3 Å². The smallest absolute Gasteiger partial charge is 0.204 e. The highest BCUT2D eigenvalue weighted by molar-refractivity contribution is 5.51. The van der Waals surface area contributed by atoms with Crippen molar-refractivity contribution in [2.24, 2.45) is 24.3 Å². The first kappa shape index (κ1) is 18.6. The first-order valence-electron chi connectivity index (χ1n) is 8.96. The van der Waals surface area contributed by atoms with E-state index in [1.54, 1.807) is 35.9 Å². The molecule has 2 aromatic heterocycles. The average molecular weight is 396 g/mol. The number of rotatable bonds is 9. The van der Waals surface area contributed by atoms with E-state index in [2.05, 4.69) is 30.9 Å². The van der Waals surface area contributed by atoms with Crippen molar-refractivity contribution in [3.63, 3.8) is 0 Å². The zero-order chi connectivity index (χ0) is 20.1. The minimum atomic E-state index is 0.250. The molecule has 1 aliphatic heterocycles. The number of hydrogen-bond acceptors (Lipinski definition) is 9. The van der Waals surface area contributed by atoms with Crippen molar-refractivity contribution in [1.29, 1.82) is 0 Å². The second-order valence-electron chi connectivity index (χ2n) is 6.34. The Hall–Kier alpha value is -3.76. The van der Waals surface area contributed by atoms with Crippen molar-refractivity contribution in [2.75, 3.05) is 13.2 Å². The normalized spacial score (nSPS) is 12.8. The third kappa shape index (κ3) is 4.75. The molecule has 0 aliphatic carbocycles. The molecular weight excluding hydrogens is 376 g/mol. The summed E-state index contributed by atoms with van der Waals surface area (Å²) in [6.45, 7) is 1.33. The molecule has 0 N–H and O–H groups in total. The van der Waals surface area contributed by atoms with Crippen LogP contribution < -0.4 is 14.2 Å². The van der Waals surface area contributed by atoms with Crippen LogP contribution in [-0.4, -0.2) is 43.1 Å². The second kappa shape index (κ2) is 8.50. The van der Waals surface area contributed by atoms with Crippen LogP contribution in [0.4, 0.5) is 0 Å². The summed E-state index contributed by atoms with van der Waals surface area (Å²) >= 11 is 0. The molecule has 3 aromatic rings. The van der Waals surface area contributed by atoms with Crippen LogP contribution in [0.5, 0.6) is 17.2 Å². The maximum absolute atomic E-state index is 5.98. The van der Waals surface area contributed by atoms with Gasteiger partial charge in [-0.15, -0.1) is 10.2 Å². The molecule has 0 amide bonds. The SMILES string of the molecule is Cn1cc(COc2cccc(OCc3cn(C)nn3)c2OCC2=CCN=N2)nn1. The Balaban J connectivity index is 1.51. The van der Waals surface area contributed by atoms with Crippen molar-refractivity contribution < 1.29 is 14.2 Å². The van der Waals surface area contributed by atoms with E-state index in [0.717, 1.165) is 5.70 Å². The summed E-state index contributed by atoms with van der Waals surface area (Å²) < 4.78 is 21.1. The summed E-state index contributed by atoms with van der Waals surface area (Å²) in [6, 6.07) is 5.45. The Labute approximate surface area is 166 Å².